The van der Waals surface area contributed by atoms with Crippen LogP contribution in [0.2, 0.25) is 0 Å². The summed E-state index contributed by atoms with van der Waals surface area (Å²) in [6.07, 6.45) is -0.604. The molecule has 1 heterocycles. The largest absolute Gasteiger partial charge is 0.384 e. The fraction of sp³-hybridized carbons (Fsp3) is 0.154. The molecule has 0 fully saturated rings. The second-order valence-electron chi connectivity index (χ2n) is 3.72. The highest BCUT2D eigenvalue weighted by Crippen LogP contribution is 2.23. The highest BCUT2D eigenvalue weighted by Gasteiger charge is 2.11. The van der Waals surface area contributed by atoms with Gasteiger partial charge in [0.15, 0.2) is 0 Å². The second-order valence-corrected chi connectivity index (χ2v) is 4.16. The minimum atomic E-state index is -0.604. The summed E-state index contributed by atoms with van der Waals surface area (Å²) in [7, 11) is 0. The maximum absolute atomic E-state index is 10.2. The summed E-state index contributed by atoms with van der Waals surface area (Å²) in [4.78, 5) is 3.04. The van der Waals surface area contributed by atoms with Crippen LogP contribution in [0.4, 0.5) is 0 Å². The lowest BCUT2D eigenvalue weighted by Gasteiger charge is -2.13. The van der Waals surface area contributed by atoms with Gasteiger partial charge in [-0.3, -0.25) is 0 Å². The number of aliphatic hydroxyl groups excluding tert-OH is 1. The van der Waals surface area contributed by atoms with Gasteiger partial charge in [0.2, 0.25) is 0 Å². The summed E-state index contributed by atoms with van der Waals surface area (Å²) in [5, 5.41) is 10.2. The maximum atomic E-state index is 10.2. The summed E-state index contributed by atoms with van der Waals surface area (Å²) >= 11 is 5.03. The Balaban J connectivity index is 2.42. The maximum Gasteiger partial charge on any atom is 0.106 e. The Morgan fingerprint density at radius 2 is 1.81 bits per heavy atom. The first-order valence-corrected chi connectivity index (χ1v) is 5.52. The van der Waals surface area contributed by atoms with Crippen LogP contribution in [0.5, 0.6) is 0 Å². The Morgan fingerprint density at radius 1 is 1.12 bits per heavy atom. The van der Waals surface area contributed by atoms with Crippen LogP contribution < -0.4 is 0 Å². The van der Waals surface area contributed by atoms with Crippen molar-refractivity contribution in [2.45, 2.75) is 13.0 Å². The molecule has 1 aromatic carbocycles. The Morgan fingerprint density at radius 3 is 2.44 bits per heavy atom. The van der Waals surface area contributed by atoms with Crippen molar-refractivity contribution >= 4 is 12.2 Å². The Kier molecular flexibility index (Phi) is 3.17. The molecule has 0 radical (unpaired) electrons. The van der Waals surface area contributed by atoms with Crippen molar-refractivity contribution in [2.75, 3.05) is 0 Å². The smallest absolute Gasteiger partial charge is 0.106 e. The lowest BCUT2D eigenvalue weighted by molar-refractivity contribution is 0.219. The lowest BCUT2D eigenvalue weighted by Crippen LogP contribution is -2.03. The molecule has 2 aromatic rings. The quantitative estimate of drug-likeness (QED) is 0.779. The van der Waals surface area contributed by atoms with Gasteiger partial charge in [-0.2, -0.15) is 0 Å². The highest BCUT2D eigenvalue weighted by molar-refractivity contribution is 7.71. The zero-order valence-electron chi connectivity index (χ0n) is 8.97. The molecule has 2 rings (SSSR count). The molecule has 0 saturated carbocycles. The molecule has 82 valence electrons. The van der Waals surface area contributed by atoms with Crippen LogP contribution in [0.1, 0.15) is 22.9 Å². The Hall–Kier alpha value is -1.45. The number of aromatic amines is 1. The number of pyridine rings is 1. The normalized spacial score (nSPS) is 12.4. The van der Waals surface area contributed by atoms with Crippen molar-refractivity contribution in [3.63, 3.8) is 0 Å². The van der Waals surface area contributed by atoms with Crippen LogP contribution in [0.15, 0.2) is 42.5 Å². The molecule has 1 aromatic heterocycles. The fourth-order valence-corrected chi connectivity index (χ4v) is 1.92. The summed E-state index contributed by atoms with van der Waals surface area (Å²) in [6.45, 7) is 1.91. The summed E-state index contributed by atoms with van der Waals surface area (Å²) in [6, 6.07) is 13.2. The molecule has 1 unspecified atom stereocenters. The van der Waals surface area contributed by atoms with Crippen molar-refractivity contribution in [3.8, 4) is 0 Å². The van der Waals surface area contributed by atoms with Gasteiger partial charge in [0, 0.05) is 11.3 Å². The van der Waals surface area contributed by atoms with E-state index >= 15 is 0 Å². The average Bonchev–Trinajstić information content (AvgIpc) is 2.29. The molecule has 0 amide bonds. The zero-order valence-corrected chi connectivity index (χ0v) is 9.79. The molecule has 3 heteroatoms. The predicted octanol–water partition coefficient (Wildman–Crippen LogP) is 3.13. The number of hydrogen-bond acceptors (Lipinski definition) is 2. The van der Waals surface area contributed by atoms with E-state index in [-0.39, 0.29) is 0 Å². The van der Waals surface area contributed by atoms with Gasteiger partial charge < -0.3 is 10.1 Å². The van der Waals surface area contributed by atoms with E-state index in [1.54, 1.807) is 6.07 Å². The molecular formula is C13H13NOS. The van der Waals surface area contributed by atoms with Crippen LogP contribution in [-0.4, -0.2) is 10.1 Å². The highest BCUT2D eigenvalue weighted by atomic mass is 32.1. The number of aryl methyl sites for hydroxylation is 1. The summed E-state index contributed by atoms with van der Waals surface area (Å²) in [5.41, 5.74) is 2.65. The molecule has 0 aliphatic rings. The average molecular weight is 231 g/mol. The lowest BCUT2D eigenvalue weighted by atomic mass is 10.0. The molecule has 2 nitrogen and oxygen atoms in total. The third-order valence-corrected chi connectivity index (χ3v) is 2.81. The van der Waals surface area contributed by atoms with Crippen molar-refractivity contribution < 1.29 is 5.11 Å². The van der Waals surface area contributed by atoms with E-state index in [2.05, 4.69) is 4.98 Å². The van der Waals surface area contributed by atoms with E-state index in [9.17, 15) is 5.11 Å². The number of aliphatic hydroxyl groups is 1. The van der Waals surface area contributed by atoms with E-state index in [1.807, 2.05) is 43.3 Å². The second kappa shape index (κ2) is 4.60. The minimum absolute atomic E-state index is 0.604. The van der Waals surface area contributed by atoms with Gasteiger partial charge in [0.25, 0.3) is 0 Å². The van der Waals surface area contributed by atoms with Crippen molar-refractivity contribution in [3.05, 3.63) is 63.9 Å². The summed E-state index contributed by atoms with van der Waals surface area (Å²) < 4.78 is 0.682. The van der Waals surface area contributed by atoms with Crippen LogP contribution in [0, 0.1) is 11.6 Å². The molecule has 16 heavy (non-hydrogen) atoms. The number of H-pyrrole nitrogens is 1. The van der Waals surface area contributed by atoms with Gasteiger partial charge in [0.05, 0.1) is 0 Å². The molecule has 0 bridgehead atoms. The Labute approximate surface area is 99.6 Å². The SMILES string of the molecule is Cc1[nH]c(=S)ccc1C(O)c1ccccc1. The van der Waals surface area contributed by atoms with E-state index in [4.69, 9.17) is 12.2 Å². The topological polar surface area (TPSA) is 36.0 Å². The third-order valence-electron chi connectivity index (χ3n) is 2.57. The number of aromatic nitrogens is 1. The first-order valence-electron chi connectivity index (χ1n) is 5.11. The van der Waals surface area contributed by atoms with Gasteiger partial charge in [-0.1, -0.05) is 48.6 Å². The molecule has 0 aliphatic carbocycles. The van der Waals surface area contributed by atoms with Crippen LogP contribution in [-0.2, 0) is 0 Å². The van der Waals surface area contributed by atoms with Gasteiger partial charge in [0.1, 0.15) is 10.7 Å². The molecule has 0 aliphatic heterocycles. The van der Waals surface area contributed by atoms with Gasteiger partial charge in [-0.15, -0.1) is 0 Å². The van der Waals surface area contributed by atoms with Crippen LogP contribution in [0.3, 0.4) is 0 Å². The zero-order chi connectivity index (χ0) is 11.5. The van der Waals surface area contributed by atoms with E-state index < -0.39 is 6.10 Å². The summed E-state index contributed by atoms with van der Waals surface area (Å²) in [5.74, 6) is 0. The van der Waals surface area contributed by atoms with Crippen LogP contribution in [0.25, 0.3) is 0 Å². The van der Waals surface area contributed by atoms with Crippen molar-refractivity contribution in [1.29, 1.82) is 0 Å². The number of benzene rings is 1. The number of nitrogens with one attached hydrogen (secondary N) is 1. The van der Waals surface area contributed by atoms with Gasteiger partial charge >= 0.3 is 0 Å². The first-order chi connectivity index (χ1) is 7.68. The van der Waals surface area contributed by atoms with Gasteiger partial charge in [-0.25, -0.2) is 0 Å². The standard InChI is InChI=1S/C13H13NOS/c1-9-11(7-8-12(16)14-9)13(15)10-5-3-2-4-6-10/h2-8,13,15H,1H3,(H,14,16). The monoisotopic (exact) mass is 231 g/mol. The molecule has 0 saturated heterocycles. The number of hydrogen-bond donors (Lipinski definition) is 2. The fourth-order valence-electron chi connectivity index (χ4n) is 1.70. The van der Waals surface area contributed by atoms with E-state index in [0.717, 1.165) is 16.8 Å². The van der Waals surface area contributed by atoms with Gasteiger partial charge in [-0.05, 0) is 18.6 Å². The Bertz CT molecular complexity index is 533. The van der Waals surface area contributed by atoms with Crippen molar-refractivity contribution in [1.82, 2.24) is 4.98 Å². The van der Waals surface area contributed by atoms with Crippen LogP contribution >= 0.6 is 12.2 Å². The van der Waals surface area contributed by atoms with E-state index in [1.165, 1.54) is 0 Å². The molecule has 2 N–H and O–H groups in total. The molecule has 1 atom stereocenters. The molecular weight excluding hydrogens is 218 g/mol. The third kappa shape index (κ3) is 2.21. The molecule has 0 spiro atoms. The predicted molar refractivity (Wildman–Crippen MR) is 66.9 cm³/mol. The van der Waals surface area contributed by atoms with Crippen molar-refractivity contribution in [2.24, 2.45) is 0 Å². The first kappa shape index (κ1) is 11.0. The van der Waals surface area contributed by atoms with E-state index in [0.29, 0.717) is 4.64 Å². The number of rotatable bonds is 2. The minimum Gasteiger partial charge on any atom is -0.384 e.